The van der Waals surface area contributed by atoms with Gasteiger partial charge in [0.2, 0.25) is 5.91 Å². The summed E-state index contributed by atoms with van der Waals surface area (Å²) in [4.78, 5) is 29.1. The van der Waals surface area contributed by atoms with Crippen LogP contribution in [0.1, 0.15) is 18.9 Å². The first-order valence-electron chi connectivity index (χ1n) is 8.27. The second kappa shape index (κ2) is 6.76. The van der Waals surface area contributed by atoms with Crippen molar-refractivity contribution in [2.75, 3.05) is 5.32 Å². The summed E-state index contributed by atoms with van der Waals surface area (Å²) in [6.07, 6.45) is 5.21. The number of nitrogens with zero attached hydrogens (tertiary/aromatic N) is 4. The number of hydrogen-bond acceptors (Lipinski definition) is 4. The maximum absolute atomic E-state index is 12.7. The minimum atomic E-state index is -0.340. The number of nitrogens with one attached hydrogen (secondary N) is 1. The zero-order chi connectivity index (χ0) is 18.1. The highest BCUT2D eigenvalue weighted by atomic mass is 35.5. The van der Waals surface area contributed by atoms with Crippen LogP contribution in [0.25, 0.3) is 11.4 Å². The summed E-state index contributed by atoms with van der Waals surface area (Å²) in [7, 11) is 0. The molecule has 1 amide bonds. The molecule has 0 saturated heterocycles. The van der Waals surface area contributed by atoms with Crippen molar-refractivity contribution in [3.8, 4) is 11.4 Å². The van der Waals surface area contributed by atoms with Crippen molar-refractivity contribution in [2.24, 2.45) is 0 Å². The molecule has 1 aromatic carbocycles. The number of anilines is 1. The van der Waals surface area contributed by atoms with E-state index in [0.29, 0.717) is 16.5 Å². The maximum Gasteiger partial charge on any atom is 0.346 e. The first-order chi connectivity index (χ1) is 12.6. The van der Waals surface area contributed by atoms with Gasteiger partial charge >= 0.3 is 5.69 Å². The van der Waals surface area contributed by atoms with E-state index in [0.717, 1.165) is 18.4 Å². The Morgan fingerprint density at radius 3 is 2.81 bits per heavy atom. The molecule has 8 heteroatoms. The quantitative estimate of drug-likeness (QED) is 0.749. The number of rotatable bonds is 5. The molecular weight excluding hydrogens is 354 g/mol. The monoisotopic (exact) mass is 369 g/mol. The van der Waals surface area contributed by atoms with E-state index in [2.05, 4.69) is 15.4 Å². The van der Waals surface area contributed by atoms with Crippen molar-refractivity contribution in [3.63, 3.8) is 0 Å². The summed E-state index contributed by atoms with van der Waals surface area (Å²) < 4.78 is 2.85. The molecule has 0 bridgehead atoms. The molecule has 1 saturated carbocycles. The standard InChI is InChI=1S/C18H16ClN5O2/c19-13-4-1-5-14(9-13)21-16(25)11-23-18(26)24(15-6-7-15)17(22-23)12-3-2-8-20-10-12/h1-5,8-10,15H,6-7,11H2,(H,21,25). The molecule has 0 aliphatic heterocycles. The molecule has 1 aliphatic rings. The van der Waals surface area contributed by atoms with Crippen LogP contribution in [0, 0.1) is 0 Å². The Hall–Kier alpha value is -2.93. The minimum Gasteiger partial charge on any atom is -0.324 e. The lowest BCUT2D eigenvalue weighted by atomic mass is 10.3. The van der Waals surface area contributed by atoms with Gasteiger partial charge in [0.15, 0.2) is 5.82 Å². The highest BCUT2D eigenvalue weighted by Crippen LogP contribution is 2.36. The van der Waals surface area contributed by atoms with Gasteiger partial charge in [-0.2, -0.15) is 0 Å². The number of halogens is 1. The first-order valence-corrected chi connectivity index (χ1v) is 8.65. The number of carbonyl (C=O) groups excluding carboxylic acids is 1. The summed E-state index contributed by atoms with van der Waals surface area (Å²) >= 11 is 5.92. The topological polar surface area (TPSA) is 81.8 Å². The van der Waals surface area contributed by atoms with Crippen molar-refractivity contribution >= 4 is 23.2 Å². The summed E-state index contributed by atoms with van der Waals surface area (Å²) in [5, 5.41) is 7.63. The van der Waals surface area contributed by atoms with Gasteiger partial charge in [-0.1, -0.05) is 17.7 Å². The molecule has 132 valence electrons. The fourth-order valence-corrected chi connectivity index (χ4v) is 2.97. The Balaban J connectivity index is 1.61. The summed E-state index contributed by atoms with van der Waals surface area (Å²) in [6.45, 7) is -0.168. The Morgan fingerprint density at radius 1 is 1.27 bits per heavy atom. The van der Waals surface area contributed by atoms with Gasteiger partial charge in [-0.05, 0) is 43.2 Å². The van der Waals surface area contributed by atoms with Crippen LogP contribution in [0.2, 0.25) is 5.02 Å². The number of benzene rings is 1. The lowest BCUT2D eigenvalue weighted by molar-refractivity contribution is -0.117. The van der Waals surface area contributed by atoms with E-state index < -0.39 is 0 Å². The molecule has 1 aliphatic carbocycles. The molecular formula is C18H16ClN5O2. The molecule has 26 heavy (non-hydrogen) atoms. The van der Waals surface area contributed by atoms with Crippen LogP contribution in [-0.4, -0.2) is 25.2 Å². The van der Waals surface area contributed by atoms with Gasteiger partial charge in [0, 0.05) is 34.7 Å². The van der Waals surface area contributed by atoms with Gasteiger partial charge in [0.25, 0.3) is 0 Å². The van der Waals surface area contributed by atoms with E-state index in [9.17, 15) is 9.59 Å². The largest absolute Gasteiger partial charge is 0.346 e. The normalized spacial score (nSPS) is 13.6. The molecule has 1 N–H and O–H groups in total. The van der Waals surface area contributed by atoms with E-state index in [-0.39, 0.29) is 24.2 Å². The van der Waals surface area contributed by atoms with Crippen molar-refractivity contribution < 1.29 is 4.79 Å². The van der Waals surface area contributed by atoms with Crippen LogP contribution < -0.4 is 11.0 Å². The van der Waals surface area contributed by atoms with E-state index in [4.69, 9.17) is 11.6 Å². The van der Waals surface area contributed by atoms with Crippen LogP contribution in [0.4, 0.5) is 5.69 Å². The highest BCUT2D eigenvalue weighted by Gasteiger charge is 2.30. The Labute approximate surface area is 154 Å². The summed E-state index contributed by atoms with van der Waals surface area (Å²) in [6, 6.07) is 10.6. The highest BCUT2D eigenvalue weighted by molar-refractivity contribution is 6.30. The third-order valence-corrected chi connectivity index (χ3v) is 4.34. The third kappa shape index (κ3) is 3.39. The van der Waals surface area contributed by atoms with Gasteiger partial charge in [0.05, 0.1) is 0 Å². The molecule has 0 atom stereocenters. The Kier molecular flexibility index (Phi) is 4.30. The number of carbonyl (C=O) groups is 1. The lowest BCUT2D eigenvalue weighted by Gasteiger charge is -2.04. The van der Waals surface area contributed by atoms with Crippen LogP contribution in [0.5, 0.6) is 0 Å². The van der Waals surface area contributed by atoms with Gasteiger partial charge in [-0.3, -0.25) is 14.3 Å². The molecule has 7 nitrogen and oxygen atoms in total. The predicted octanol–water partition coefficient (Wildman–Crippen LogP) is 2.73. The molecule has 0 radical (unpaired) electrons. The molecule has 2 aromatic heterocycles. The fraction of sp³-hybridized carbons (Fsp3) is 0.222. The van der Waals surface area contributed by atoms with Gasteiger partial charge in [-0.15, -0.1) is 5.10 Å². The van der Waals surface area contributed by atoms with E-state index in [1.54, 1.807) is 47.3 Å². The molecule has 2 heterocycles. The third-order valence-electron chi connectivity index (χ3n) is 4.10. The van der Waals surface area contributed by atoms with Crippen LogP contribution >= 0.6 is 11.6 Å². The second-order valence-electron chi connectivity index (χ2n) is 6.17. The first kappa shape index (κ1) is 16.5. The predicted molar refractivity (Wildman–Crippen MR) is 98.1 cm³/mol. The molecule has 0 unspecified atom stereocenters. The number of amides is 1. The van der Waals surface area contributed by atoms with Crippen LogP contribution in [0.15, 0.2) is 53.6 Å². The Bertz CT molecular complexity index is 1010. The molecule has 3 aromatic rings. The number of pyridine rings is 1. The van der Waals surface area contributed by atoms with Crippen LogP contribution in [-0.2, 0) is 11.3 Å². The fourth-order valence-electron chi connectivity index (χ4n) is 2.78. The van der Waals surface area contributed by atoms with Crippen LogP contribution in [0.3, 0.4) is 0 Å². The number of hydrogen-bond donors (Lipinski definition) is 1. The van der Waals surface area contributed by atoms with Crippen molar-refractivity contribution in [1.82, 2.24) is 19.3 Å². The van der Waals surface area contributed by atoms with Crippen molar-refractivity contribution in [2.45, 2.75) is 25.4 Å². The molecule has 4 rings (SSSR count). The Morgan fingerprint density at radius 2 is 2.12 bits per heavy atom. The molecule has 0 spiro atoms. The molecule has 1 fully saturated rings. The van der Waals surface area contributed by atoms with E-state index in [1.807, 2.05) is 6.07 Å². The zero-order valence-corrected chi connectivity index (χ0v) is 14.6. The zero-order valence-electron chi connectivity index (χ0n) is 13.8. The average Bonchev–Trinajstić information content (AvgIpc) is 3.41. The smallest absolute Gasteiger partial charge is 0.324 e. The minimum absolute atomic E-state index is 0.141. The van der Waals surface area contributed by atoms with E-state index >= 15 is 0 Å². The average molecular weight is 370 g/mol. The number of aromatic nitrogens is 4. The van der Waals surface area contributed by atoms with Gasteiger partial charge < -0.3 is 5.32 Å². The maximum atomic E-state index is 12.7. The summed E-state index contributed by atoms with van der Waals surface area (Å²) in [5.74, 6) is 0.203. The lowest BCUT2D eigenvalue weighted by Crippen LogP contribution is -2.30. The van der Waals surface area contributed by atoms with Gasteiger partial charge in [-0.25, -0.2) is 9.48 Å². The van der Waals surface area contributed by atoms with Gasteiger partial charge in [0.1, 0.15) is 6.54 Å². The van der Waals surface area contributed by atoms with Crippen molar-refractivity contribution in [1.29, 1.82) is 0 Å². The SMILES string of the molecule is O=C(Cn1nc(-c2cccnc2)n(C2CC2)c1=O)Nc1cccc(Cl)c1. The van der Waals surface area contributed by atoms with E-state index in [1.165, 1.54) is 4.68 Å². The van der Waals surface area contributed by atoms with Crippen molar-refractivity contribution in [3.05, 3.63) is 64.3 Å². The second-order valence-corrected chi connectivity index (χ2v) is 6.60. The summed E-state index contributed by atoms with van der Waals surface area (Å²) in [5.41, 5.74) is 1.04.